The van der Waals surface area contributed by atoms with E-state index in [4.69, 9.17) is 0 Å². The van der Waals surface area contributed by atoms with E-state index in [9.17, 15) is 5.11 Å². The van der Waals surface area contributed by atoms with Crippen LogP contribution in [0.25, 0.3) is 10.6 Å². The summed E-state index contributed by atoms with van der Waals surface area (Å²) in [6.45, 7) is 2.10. The van der Waals surface area contributed by atoms with E-state index in [1.54, 1.807) is 12.3 Å². The van der Waals surface area contributed by atoms with Gasteiger partial charge < -0.3 is 5.11 Å². The third-order valence-corrected chi connectivity index (χ3v) is 24.9. The maximum Gasteiger partial charge on any atom is 0.126 e. The van der Waals surface area contributed by atoms with E-state index in [-0.39, 0.29) is 20.4 Å². The molecule has 14 rings (SSSR count). The fourth-order valence-corrected chi connectivity index (χ4v) is 19.9. The predicted octanol–water partition coefficient (Wildman–Crippen LogP) is 16.9. The summed E-state index contributed by atoms with van der Waals surface area (Å²) in [5.41, 5.74) is 2.05. The molecule has 0 aliphatic carbocycles. The standard InChI is InChI=1S/4C18H15P.C11H11NOS.Pd/c4*1-4-10-16(11-5-1)19(17-12-6-2-7-13-17)18-14-8-3-9-15-18;1-2-8-3-4-10(13)9(7-8)11-12-5-6-14-11;/h4*1-15H;3-7,13H,2H2,1H3;. The average Bonchev–Trinajstić information content (AvgIpc) is 4.39. The Hall–Kier alpha value is -8.33. The number of rotatable bonds is 14. The van der Waals surface area contributed by atoms with Crippen molar-refractivity contribution in [3.63, 3.8) is 0 Å². The van der Waals surface area contributed by atoms with Crippen molar-refractivity contribution >= 4 is 107 Å². The van der Waals surface area contributed by atoms with Crippen molar-refractivity contribution in [2.75, 3.05) is 0 Å². The van der Waals surface area contributed by atoms with Crippen LogP contribution in [0.4, 0.5) is 0 Å². The van der Waals surface area contributed by atoms with Gasteiger partial charge in [0.05, 0.1) is 5.56 Å². The molecule has 0 aliphatic heterocycles. The Morgan fingerprint density at radius 3 is 0.615 bits per heavy atom. The topological polar surface area (TPSA) is 33.1 Å². The molecule has 0 spiro atoms. The quantitative estimate of drug-likeness (QED) is 0.0869. The first-order chi connectivity index (χ1) is 44.6. The zero-order valence-corrected chi connectivity index (χ0v) is 56.6. The Labute approximate surface area is 561 Å². The van der Waals surface area contributed by atoms with E-state index in [1.807, 2.05) is 17.5 Å². The van der Waals surface area contributed by atoms with Crippen molar-refractivity contribution in [3.05, 3.63) is 399 Å². The summed E-state index contributed by atoms with van der Waals surface area (Å²) in [7, 11) is -1.78. The third kappa shape index (κ3) is 19.8. The van der Waals surface area contributed by atoms with Crippen LogP contribution in [0.5, 0.6) is 5.75 Å². The normalized spacial score (nSPS) is 10.4. The van der Waals surface area contributed by atoms with Gasteiger partial charge in [0, 0.05) is 32.0 Å². The van der Waals surface area contributed by atoms with Crippen LogP contribution in [-0.2, 0) is 26.8 Å². The number of phenols is 1. The number of aromatic hydroxyl groups is 1. The first-order valence-corrected chi connectivity index (χ1v) is 36.4. The smallest absolute Gasteiger partial charge is 0.126 e. The molecule has 0 fully saturated rings. The van der Waals surface area contributed by atoms with Gasteiger partial charge in [-0.2, -0.15) is 0 Å². The van der Waals surface area contributed by atoms with Crippen LogP contribution in [0.15, 0.2) is 394 Å². The molecule has 0 aliphatic rings. The van der Waals surface area contributed by atoms with Crippen molar-refractivity contribution < 1.29 is 25.5 Å². The Morgan fingerprint density at radius 2 is 0.462 bits per heavy atom. The van der Waals surface area contributed by atoms with Gasteiger partial charge in [0.1, 0.15) is 10.8 Å². The second-order valence-electron chi connectivity index (χ2n) is 20.4. The van der Waals surface area contributed by atoms with Crippen LogP contribution in [0.3, 0.4) is 0 Å². The van der Waals surface area contributed by atoms with Gasteiger partial charge in [-0.15, -0.1) is 11.3 Å². The number of aromatic nitrogens is 1. The van der Waals surface area contributed by atoms with Gasteiger partial charge >= 0.3 is 0 Å². The molecular weight excluding hydrogens is 1290 g/mol. The molecule has 450 valence electrons. The van der Waals surface area contributed by atoms with Gasteiger partial charge in [-0.3, -0.25) is 0 Å². The third-order valence-electron chi connectivity index (χ3n) is 14.3. The zero-order valence-electron chi connectivity index (χ0n) is 50.6. The van der Waals surface area contributed by atoms with Crippen LogP contribution in [0.1, 0.15) is 12.5 Å². The molecule has 1 N–H and O–H groups in total. The summed E-state index contributed by atoms with van der Waals surface area (Å²) < 4.78 is 0. The van der Waals surface area contributed by atoms with E-state index < -0.39 is 31.7 Å². The summed E-state index contributed by atoms with van der Waals surface area (Å²) in [4.78, 5) is 4.18. The van der Waals surface area contributed by atoms with Crippen molar-refractivity contribution in [1.82, 2.24) is 4.98 Å². The molecule has 13 aromatic carbocycles. The molecule has 0 radical (unpaired) electrons. The van der Waals surface area contributed by atoms with Crippen LogP contribution >= 0.6 is 43.0 Å². The number of phenolic OH excluding ortho intramolecular Hbond substituents is 1. The molecule has 1 heterocycles. The van der Waals surface area contributed by atoms with Crippen molar-refractivity contribution in [3.8, 4) is 16.3 Å². The van der Waals surface area contributed by atoms with Crippen LogP contribution in [0.2, 0.25) is 0 Å². The first-order valence-electron chi connectivity index (χ1n) is 30.1. The second-order valence-corrected chi connectivity index (χ2v) is 30.2. The summed E-state index contributed by atoms with van der Waals surface area (Å²) in [5, 5.41) is 29.2. The molecule has 0 saturated carbocycles. The number of nitrogens with zero attached hydrogens (tertiary/aromatic N) is 1. The SMILES string of the molecule is CCc1ccc(O)c(-c2nccs2)c1.[Pd].c1ccc(P(c2ccccc2)c2ccccc2)cc1.c1ccc(P(c2ccccc2)c2ccccc2)cc1.c1ccc(P(c2ccccc2)c2ccccc2)cc1.c1ccc(P(c2ccccc2)c2ccccc2)cc1. The minimum absolute atomic E-state index is 0. The van der Waals surface area contributed by atoms with Crippen molar-refractivity contribution in [2.45, 2.75) is 13.3 Å². The van der Waals surface area contributed by atoms with Crippen molar-refractivity contribution in [1.29, 1.82) is 0 Å². The Kier molecular flexibility index (Phi) is 27.4. The minimum atomic E-state index is -0.446. The van der Waals surface area contributed by atoms with E-state index in [1.165, 1.54) is 80.6 Å². The monoisotopic (exact) mass is 1360 g/mol. The average molecular weight is 1360 g/mol. The molecule has 91 heavy (non-hydrogen) atoms. The summed E-state index contributed by atoms with van der Waals surface area (Å²) >= 11 is 1.54. The number of benzene rings is 13. The van der Waals surface area contributed by atoms with Crippen molar-refractivity contribution in [2.24, 2.45) is 0 Å². The number of thiazole rings is 1. The molecule has 0 bridgehead atoms. The maximum atomic E-state index is 9.67. The molecule has 0 saturated heterocycles. The van der Waals surface area contributed by atoms with Gasteiger partial charge in [0.2, 0.25) is 0 Å². The summed E-state index contributed by atoms with van der Waals surface area (Å²) in [6.07, 6.45) is 2.72. The number of aryl methyl sites for hydroxylation is 1. The molecule has 0 amide bonds. The van der Waals surface area contributed by atoms with E-state index >= 15 is 0 Å². The molecule has 14 aromatic rings. The minimum Gasteiger partial charge on any atom is -0.507 e. The second kappa shape index (κ2) is 37.1. The maximum absolute atomic E-state index is 9.67. The molecule has 0 unspecified atom stereocenters. The summed E-state index contributed by atoms with van der Waals surface area (Å²) in [5.74, 6) is 0.303. The van der Waals surface area contributed by atoms with Gasteiger partial charge in [0.25, 0.3) is 0 Å². The number of hydrogen-bond acceptors (Lipinski definition) is 3. The Morgan fingerprint density at radius 1 is 0.275 bits per heavy atom. The van der Waals surface area contributed by atoms with Gasteiger partial charge in [-0.25, -0.2) is 4.98 Å². The van der Waals surface area contributed by atoms with Gasteiger partial charge in [-0.1, -0.05) is 377 Å². The van der Waals surface area contributed by atoms with E-state index in [0.717, 1.165) is 17.0 Å². The van der Waals surface area contributed by atoms with E-state index in [2.05, 4.69) is 376 Å². The molecule has 8 heteroatoms. The fraction of sp³-hybridized carbons (Fsp3) is 0.0241. The Balaban J connectivity index is 0.000000135. The van der Waals surface area contributed by atoms with Crippen LogP contribution < -0.4 is 63.7 Å². The Bertz CT molecular complexity index is 3350. The molecule has 2 nitrogen and oxygen atoms in total. The predicted molar refractivity (Wildman–Crippen MR) is 399 cm³/mol. The van der Waals surface area contributed by atoms with Crippen LogP contribution in [-0.4, -0.2) is 10.1 Å². The fourth-order valence-electron chi connectivity index (χ4n) is 10.0. The molecule has 0 atom stereocenters. The van der Waals surface area contributed by atoms with Gasteiger partial charge in [-0.05, 0) is 119 Å². The largest absolute Gasteiger partial charge is 0.507 e. The molecule has 1 aromatic heterocycles. The van der Waals surface area contributed by atoms with Crippen LogP contribution in [0, 0.1) is 0 Å². The number of hydrogen-bond donors (Lipinski definition) is 1. The zero-order chi connectivity index (χ0) is 61.6. The van der Waals surface area contributed by atoms with E-state index in [0.29, 0.717) is 5.75 Å². The summed E-state index contributed by atoms with van der Waals surface area (Å²) in [6, 6.07) is 135. The first kappa shape index (κ1) is 67.1. The van der Waals surface area contributed by atoms with Gasteiger partial charge in [0.15, 0.2) is 0 Å². The molecular formula is C83H71NOP4PdS.